The Kier molecular flexibility index (Phi) is 7.04. The maximum atomic E-state index is 12.5. The van der Waals surface area contributed by atoms with Gasteiger partial charge in [0.25, 0.3) is 0 Å². The molecule has 0 spiro atoms. The Morgan fingerprint density at radius 3 is 2.57 bits per heavy atom. The van der Waals surface area contributed by atoms with Crippen LogP contribution in [0.1, 0.15) is 31.4 Å². The predicted octanol–water partition coefficient (Wildman–Crippen LogP) is 3.39. The van der Waals surface area contributed by atoms with Gasteiger partial charge in [0.15, 0.2) is 0 Å². The minimum absolute atomic E-state index is 0.248. The summed E-state index contributed by atoms with van der Waals surface area (Å²) in [5, 5.41) is 0. The summed E-state index contributed by atoms with van der Waals surface area (Å²) in [6.07, 6.45) is 5.08. The van der Waals surface area contributed by atoms with E-state index in [1.54, 1.807) is 7.11 Å². The van der Waals surface area contributed by atoms with Crippen LogP contribution in [0.2, 0.25) is 0 Å². The highest BCUT2D eigenvalue weighted by Gasteiger charge is 2.34. The van der Waals surface area contributed by atoms with E-state index in [1.807, 2.05) is 47.6 Å². The highest BCUT2D eigenvalue weighted by atomic mass is 16.5. The molecule has 5 heteroatoms. The second-order valence-electron chi connectivity index (χ2n) is 7.99. The maximum Gasteiger partial charge on any atom is 0.223 e. The number of hydrogen-bond donors (Lipinski definition) is 0. The van der Waals surface area contributed by atoms with Gasteiger partial charge < -0.3 is 9.64 Å². The van der Waals surface area contributed by atoms with E-state index in [2.05, 4.69) is 29.8 Å². The molecule has 1 aliphatic heterocycles. The highest BCUT2D eigenvalue weighted by molar-refractivity contribution is 5.77. The molecule has 2 aromatic rings. The van der Waals surface area contributed by atoms with Crippen molar-refractivity contribution < 1.29 is 9.53 Å². The maximum absolute atomic E-state index is 12.5. The summed E-state index contributed by atoms with van der Waals surface area (Å²) in [6.45, 7) is 8.07. The molecule has 5 nitrogen and oxygen atoms in total. The third-order valence-electron chi connectivity index (χ3n) is 5.23. The average Bonchev–Trinajstić information content (AvgIpc) is 2.66. The average molecular weight is 382 g/mol. The van der Waals surface area contributed by atoms with Gasteiger partial charge in [-0.1, -0.05) is 32.0 Å². The van der Waals surface area contributed by atoms with Crippen LogP contribution in [0.5, 0.6) is 5.75 Å². The number of likely N-dealkylation sites (tertiary alicyclic amines) is 1. The number of hydrogen-bond acceptors (Lipinski definition) is 4. The standard InChI is InChI=1S/C23H31N3O2/c1-18(2)14-25(15-20-5-4-12-24-13-20)21-16-26(17-21)23(27)11-8-19-6-9-22(28-3)10-7-19/h4-7,9-10,12-13,18,21H,8,11,14-17H2,1-3H3. The Balaban J connectivity index is 1.48. The first-order chi connectivity index (χ1) is 13.5. The van der Waals surface area contributed by atoms with Gasteiger partial charge >= 0.3 is 0 Å². The van der Waals surface area contributed by atoms with E-state index < -0.39 is 0 Å². The van der Waals surface area contributed by atoms with E-state index in [-0.39, 0.29) is 5.91 Å². The fourth-order valence-electron chi connectivity index (χ4n) is 3.63. The Labute approximate surface area is 168 Å². The summed E-state index contributed by atoms with van der Waals surface area (Å²) in [5.74, 6) is 1.69. The van der Waals surface area contributed by atoms with Crippen molar-refractivity contribution in [3.8, 4) is 5.75 Å². The number of pyridine rings is 1. The smallest absolute Gasteiger partial charge is 0.223 e. The molecule has 1 aromatic carbocycles. The highest BCUT2D eigenvalue weighted by Crippen LogP contribution is 2.21. The minimum atomic E-state index is 0.248. The summed E-state index contributed by atoms with van der Waals surface area (Å²) in [7, 11) is 1.66. The number of aromatic nitrogens is 1. The third-order valence-corrected chi connectivity index (χ3v) is 5.23. The molecule has 2 heterocycles. The van der Waals surface area contributed by atoms with Crippen molar-refractivity contribution in [2.45, 2.75) is 39.3 Å². The van der Waals surface area contributed by atoms with Crippen LogP contribution < -0.4 is 4.74 Å². The minimum Gasteiger partial charge on any atom is -0.497 e. The van der Waals surface area contributed by atoms with Gasteiger partial charge in [0.1, 0.15) is 5.75 Å². The number of methoxy groups -OCH3 is 1. The van der Waals surface area contributed by atoms with E-state index in [4.69, 9.17) is 4.74 Å². The first-order valence-electron chi connectivity index (χ1n) is 10.1. The van der Waals surface area contributed by atoms with Gasteiger partial charge in [0.05, 0.1) is 7.11 Å². The Hall–Kier alpha value is -2.40. The van der Waals surface area contributed by atoms with Crippen LogP contribution in [-0.2, 0) is 17.8 Å². The number of carbonyl (C=O) groups is 1. The van der Waals surface area contributed by atoms with Crippen molar-refractivity contribution >= 4 is 5.91 Å². The van der Waals surface area contributed by atoms with Gasteiger partial charge in [-0.15, -0.1) is 0 Å². The number of rotatable bonds is 9. The van der Waals surface area contributed by atoms with Gasteiger partial charge in [-0.3, -0.25) is 14.7 Å². The molecule has 3 rings (SSSR count). The zero-order valence-electron chi connectivity index (χ0n) is 17.2. The van der Waals surface area contributed by atoms with Crippen molar-refractivity contribution in [1.29, 1.82) is 0 Å². The van der Waals surface area contributed by atoms with Crippen LogP contribution in [0.25, 0.3) is 0 Å². The largest absolute Gasteiger partial charge is 0.497 e. The van der Waals surface area contributed by atoms with Gasteiger partial charge in [-0.2, -0.15) is 0 Å². The van der Waals surface area contributed by atoms with Crippen LogP contribution in [0.3, 0.4) is 0 Å². The summed E-state index contributed by atoms with van der Waals surface area (Å²) in [6, 6.07) is 12.5. The number of carbonyl (C=O) groups excluding carboxylic acids is 1. The molecule has 28 heavy (non-hydrogen) atoms. The molecule has 0 aliphatic carbocycles. The third kappa shape index (κ3) is 5.55. The van der Waals surface area contributed by atoms with Crippen molar-refractivity contribution in [3.63, 3.8) is 0 Å². The van der Waals surface area contributed by atoms with Crippen LogP contribution in [0.4, 0.5) is 0 Å². The fourth-order valence-corrected chi connectivity index (χ4v) is 3.63. The van der Waals surface area contributed by atoms with Gasteiger partial charge in [-0.25, -0.2) is 0 Å². The summed E-state index contributed by atoms with van der Waals surface area (Å²) >= 11 is 0. The van der Waals surface area contributed by atoms with E-state index in [1.165, 1.54) is 11.1 Å². The topological polar surface area (TPSA) is 45.7 Å². The summed E-state index contributed by atoms with van der Waals surface area (Å²) < 4.78 is 5.18. The molecule has 150 valence electrons. The van der Waals surface area contributed by atoms with Crippen LogP contribution in [0.15, 0.2) is 48.8 Å². The summed E-state index contributed by atoms with van der Waals surface area (Å²) in [5.41, 5.74) is 2.40. The molecule has 0 atom stereocenters. The number of aryl methyl sites for hydroxylation is 1. The fraction of sp³-hybridized carbons (Fsp3) is 0.478. The molecule has 1 fully saturated rings. The second-order valence-corrected chi connectivity index (χ2v) is 7.99. The van der Waals surface area contributed by atoms with Crippen molar-refractivity contribution in [3.05, 3.63) is 59.9 Å². The molecule has 1 amide bonds. The van der Waals surface area contributed by atoms with E-state index in [0.29, 0.717) is 18.4 Å². The monoisotopic (exact) mass is 381 g/mol. The second kappa shape index (κ2) is 9.69. The molecule has 0 radical (unpaired) electrons. The zero-order chi connectivity index (χ0) is 19.9. The molecule has 0 saturated carbocycles. The normalized spacial score (nSPS) is 14.4. The Morgan fingerprint density at radius 2 is 1.96 bits per heavy atom. The first kappa shape index (κ1) is 20.3. The van der Waals surface area contributed by atoms with Crippen LogP contribution in [-0.4, -0.2) is 53.5 Å². The predicted molar refractivity (Wildman–Crippen MR) is 111 cm³/mol. The SMILES string of the molecule is COc1ccc(CCC(=O)N2CC(N(Cc3cccnc3)CC(C)C)C2)cc1. The Morgan fingerprint density at radius 1 is 1.21 bits per heavy atom. The molecule has 1 saturated heterocycles. The van der Waals surface area contributed by atoms with Gasteiger partial charge in [0, 0.05) is 51.0 Å². The first-order valence-corrected chi connectivity index (χ1v) is 10.1. The molecule has 0 unspecified atom stereocenters. The van der Waals surface area contributed by atoms with Crippen LogP contribution in [0, 0.1) is 5.92 Å². The van der Waals surface area contributed by atoms with Gasteiger partial charge in [0.2, 0.25) is 5.91 Å². The lowest BCUT2D eigenvalue weighted by Crippen LogP contribution is -2.61. The molecule has 0 bridgehead atoms. The van der Waals surface area contributed by atoms with E-state index in [0.717, 1.165) is 38.3 Å². The van der Waals surface area contributed by atoms with Crippen molar-refractivity contribution in [1.82, 2.24) is 14.8 Å². The lowest BCUT2D eigenvalue weighted by atomic mass is 10.0. The molecule has 0 N–H and O–H groups in total. The van der Waals surface area contributed by atoms with Crippen LogP contribution >= 0.6 is 0 Å². The quantitative estimate of drug-likeness (QED) is 0.668. The molecular formula is C23H31N3O2. The van der Waals surface area contributed by atoms with Gasteiger partial charge in [-0.05, 0) is 41.7 Å². The molecule has 1 aromatic heterocycles. The number of benzene rings is 1. The van der Waals surface area contributed by atoms with E-state index >= 15 is 0 Å². The molecular weight excluding hydrogens is 350 g/mol. The zero-order valence-corrected chi connectivity index (χ0v) is 17.2. The van der Waals surface area contributed by atoms with Crippen molar-refractivity contribution in [2.24, 2.45) is 5.92 Å². The van der Waals surface area contributed by atoms with Crippen molar-refractivity contribution in [2.75, 3.05) is 26.7 Å². The molecule has 1 aliphatic rings. The number of ether oxygens (including phenoxy) is 1. The summed E-state index contributed by atoms with van der Waals surface area (Å²) in [4.78, 5) is 21.3. The Bertz CT molecular complexity index is 740. The number of nitrogens with zero attached hydrogens (tertiary/aromatic N) is 3. The lowest BCUT2D eigenvalue weighted by molar-refractivity contribution is -0.139. The van der Waals surface area contributed by atoms with E-state index in [9.17, 15) is 4.79 Å². The lowest BCUT2D eigenvalue weighted by Gasteiger charge is -2.46. The number of amides is 1.